The molecule has 1 N–H and O–H groups in total. The molecule has 0 aliphatic carbocycles. The van der Waals surface area contributed by atoms with Gasteiger partial charge in [-0.1, -0.05) is 60.1 Å². The molecular formula is C28H24ClN3O. The van der Waals surface area contributed by atoms with Crippen LogP contribution in [0.25, 0.3) is 21.8 Å². The molecule has 0 aliphatic rings. The van der Waals surface area contributed by atoms with Crippen molar-refractivity contribution in [3.63, 3.8) is 0 Å². The van der Waals surface area contributed by atoms with Gasteiger partial charge in [0, 0.05) is 30.1 Å². The van der Waals surface area contributed by atoms with Gasteiger partial charge in [-0.05, 0) is 65.2 Å². The van der Waals surface area contributed by atoms with Crippen LogP contribution >= 0.6 is 11.6 Å². The van der Waals surface area contributed by atoms with E-state index < -0.39 is 0 Å². The second-order valence-corrected chi connectivity index (χ2v) is 8.59. The highest BCUT2D eigenvalue weighted by Crippen LogP contribution is 2.21. The van der Waals surface area contributed by atoms with E-state index >= 15 is 0 Å². The van der Waals surface area contributed by atoms with E-state index in [4.69, 9.17) is 16.6 Å². The summed E-state index contributed by atoms with van der Waals surface area (Å²) in [5.41, 5.74) is 3.99. The Kier molecular flexibility index (Phi) is 6.09. The lowest BCUT2D eigenvalue weighted by atomic mass is 10.1. The molecule has 33 heavy (non-hydrogen) atoms. The minimum atomic E-state index is -0.0867. The van der Waals surface area contributed by atoms with Crippen LogP contribution in [0.3, 0.4) is 0 Å². The molecule has 0 fully saturated rings. The number of carbonyl (C=O) groups is 1. The first-order valence-corrected chi connectivity index (χ1v) is 11.5. The Bertz CT molecular complexity index is 1420. The van der Waals surface area contributed by atoms with Crippen molar-refractivity contribution in [2.24, 2.45) is 0 Å². The molecule has 5 aromatic rings. The Morgan fingerprint density at radius 1 is 0.879 bits per heavy atom. The molecule has 1 amide bonds. The predicted molar refractivity (Wildman–Crippen MR) is 135 cm³/mol. The van der Waals surface area contributed by atoms with Crippen molar-refractivity contribution in [1.82, 2.24) is 14.9 Å². The zero-order valence-corrected chi connectivity index (χ0v) is 18.9. The van der Waals surface area contributed by atoms with Crippen LogP contribution in [-0.2, 0) is 13.0 Å². The fourth-order valence-corrected chi connectivity index (χ4v) is 4.29. The minimum Gasteiger partial charge on any atom is -0.352 e. The fraction of sp³-hybridized carbons (Fsp3) is 0.143. The lowest BCUT2D eigenvalue weighted by Crippen LogP contribution is -2.25. The number of nitrogens with zero attached hydrogens (tertiary/aromatic N) is 2. The minimum absolute atomic E-state index is 0.0867. The smallest absolute Gasteiger partial charge is 0.251 e. The number of benzene rings is 4. The highest BCUT2D eigenvalue weighted by molar-refractivity contribution is 6.30. The topological polar surface area (TPSA) is 46.9 Å². The molecule has 5 heteroatoms. The third-order valence-corrected chi connectivity index (χ3v) is 6.11. The van der Waals surface area contributed by atoms with Gasteiger partial charge in [-0.3, -0.25) is 4.79 Å². The molecule has 1 aromatic heterocycles. The molecule has 0 bridgehead atoms. The molecule has 0 radical (unpaired) electrons. The molecule has 0 unspecified atom stereocenters. The van der Waals surface area contributed by atoms with Gasteiger partial charge >= 0.3 is 0 Å². The van der Waals surface area contributed by atoms with Gasteiger partial charge in [0.15, 0.2) is 0 Å². The fourth-order valence-electron chi connectivity index (χ4n) is 4.16. The summed E-state index contributed by atoms with van der Waals surface area (Å²) in [5.74, 6) is 0.946. The first kappa shape index (κ1) is 21.2. The molecule has 164 valence electrons. The number of fused-ring (bicyclic) bond motifs is 2. The van der Waals surface area contributed by atoms with E-state index in [1.165, 1.54) is 16.3 Å². The van der Waals surface area contributed by atoms with Crippen molar-refractivity contribution >= 4 is 39.3 Å². The number of rotatable bonds is 7. The predicted octanol–water partition coefficient (Wildman–Crippen LogP) is 6.25. The number of hydrogen-bond acceptors (Lipinski definition) is 2. The monoisotopic (exact) mass is 453 g/mol. The standard InChI is InChI=1S/C28H24ClN3O/c29-24-15-13-22(14-16-24)28(33)30-17-5-10-27-31-25-8-3-4-9-26(25)32(27)19-20-11-12-21-6-1-2-7-23(21)18-20/h1-4,6-9,11-16,18H,5,10,17,19H2,(H,30,33). The summed E-state index contributed by atoms with van der Waals surface area (Å²) in [6.07, 6.45) is 1.59. The van der Waals surface area contributed by atoms with Gasteiger partial charge in [-0.2, -0.15) is 0 Å². The lowest BCUT2D eigenvalue weighted by Gasteiger charge is -2.11. The molecule has 5 rings (SSSR count). The molecular weight excluding hydrogens is 430 g/mol. The zero-order chi connectivity index (χ0) is 22.6. The van der Waals surface area contributed by atoms with Gasteiger partial charge in [0.25, 0.3) is 5.91 Å². The van der Waals surface area contributed by atoms with Crippen molar-refractivity contribution in [2.45, 2.75) is 19.4 Å². The van der Waals surface area contributed by atoms with E-state index in [0.717, 1.165) is 36.2 Å². The van der Waals surface area contributed by atoms with Crippen LogP contribution in [-0.4, -0.2) is 22.0 Å². The number of nitrogens with one attached hydrogen (secondary N) is 1. The first-order chi connectivity index (χ1) is 16.2. The average molecular weight is 454 g/mol. The molecule has 0 aliphatic heterocycles. The maximum absolute atomic E-state index is 12.3. The molecule has 0 saturated carbocycles. The Morgan fingerprint density at radius 2 is 1.64 bits per heavy atom. The molecule has 0 saturated heterocycles. The van der Waals surface area contributed by atoms with Crippen LogP contribution in [0.1, 0.15) is 28.2 Å². The average Bonchev–Trinajstić information content (AvgIpc) is 3.19. The van der Waals surface area contributed by atoms with Crippen LogP contribution in [0.2, 0.25) is 5.02 Å². The second kappa shape index (κ2) is 9.47. The van der Waals surface area contributed by atoms with E-state index in [1.807, 2.05) is 6.07 Å². The van der Waals surface area contributed by atoms with Crippen molar-refractivity contribution in [3.05, 3.63) is 113 Å². The maximum Gasteiger partial charge on any atom is 0.251 e. The third kappa shape index (κ3) is 4.76. The van der Waals surface area contributed by atoms with E-state index in [9.17, 15) is 4.79 Å². The van der Waals surface area contributed by atoms with E-state index in [1.54, 1.807) is 24.3 Å². The molecule has 4 aromatic carbocycles. The normalized spacial score (nSPS) is 11.2. The number of halogens is 1. The van der Waals surface area contributed by atoms with Crippen molar-refractivity contribution in [1.29, 1.82) is 0 Å². The van der Waals surface area contributed by atoms with E-state index in [2.05, 4.69) is 70.5 Å². The maximum atomic E-state index is 12.3. The van der Waals surface area contributed by atoms with Gasteiger partial charge in [0.1, 0.15) is 5.82 Å². The number of amides is 1. The number of imidazole rings is 1. The molecule has 0 spiro atoms. The highest BCUT2D eigenvalue weighted by atomic mass is 35.5. The van der Waals surface area contributed by atoms with Crippen LogP contribution in [0.4, 0.5) is 0 Å². The number of para-hydroxylation sites is 2. The van der Waals surface area contributed by atoms with Crippen LogP contribution < -0.4 is 5.32 Å². The van der Waals surface area contributed by atoms with Gasteiger partial charge < -0.3 is 9.88 Å². The third-order valence-electron chi connectivity index (χ3n) is 5.86. The van der Waals surface area contributed by atoms with Crippen LogP contribution in [0.5, 0.6) is 0 Å². The molecule has 0 atom stereocenters. The summed E-state index contributed by atoms with van der Waals surface area (Å²) < 4.78 is 2.29. The van der Waals surface area contributed by atoms with Crippen LogP contribution in [0, 0.1) is 0 Å². The lowest BCUT2D eigenvalue weighted by molar-refractivity contribution is 0.0953. The number of aryl methyl sites for hydroxylation is 1. The summed E-state index contributed by atoms with van der Waals surface area (Å²) in [6, 6.07) is 30.2. The number of aromatic nitrogens is 2. The summed E-state index contributed by atoms with van der Waals surface area (Å²) in [4.78, 5) is 17.2. The summed E-state index contributed by atoms with van der Waals surface area (Å²) in [7, 11) is 0. The van der Waals surface area contributed by atoms with Gasteiger partial charge in [-0.25, -0.2) is 4.98 Å². The van der Waals surface area contributed by atoms with E-state index in [-0.39, 0.29) is 5.91 Å². The SMILES string of the molecule is O=C(NCCCc1nc2ccccc2n1Cc1ccc2ccccc2c1)c1ccc(Cl)cc1. The second-order valence-electron chi connectivity index (χ2n) is 8.15. The summed E-state index contributed by atoms with van der Waals surface area (Å²) >= 11 is 5.90. The van der Waals surface area contributed by atoms with Gasteiger partial charge in [0.05, 0.1) is 11.0 Å². The Balaban J connectivity index is 1.31. The molecule has 4 nitrogen and oxygen atoms in total. The largest absolute Gasteiger partial charge is 0.352 e. The first-order valence-electron chi connectivity index (χ1n) is 11.1. The Morgan fingerprint density at radius 3 is 2.48 bits per heavy atom. The highest BCUT2D eigenvalue weighted by Gasteiger charge is 2.12. The summed E-state index contributed by atoms with van der Waals surface area (Å²) in [5, 5.41) is 6.10. The molecule has 1 heterocycles. The number of hydrogen-bond donors (Lipinski definition) is 1. The van der Waals surface area contributed by atoms with Gasteiger partial charge in [-0.15, -0.1) is 0 Å². The van der Waals surface area contributed by atoms with Crippen molar-refractivity contribution in [3.8, 4) is 0 Å². The van der Waals surface area contributed by atoms with Crippen molar-refractivity contribution < 1.29 is 4.79 Å². The van der Waals surface area contributed by atoms with Gasteiger partial charge in [0.2, 0.25) is 0 Å². The van der Waals surface area contributed by atoms with E-state index in [0.29, 0.717) is 17.1 Å². The number of carbonyl (C=O) groups excluding carboxylic acids is 1. The van der Waals surface area contributed by atoms with Crippen molar-refractivity contribution in [2.75, 3.05) is 6.54 Å². The Hall–Kier alpha value is -3.63. The zero-order valence-electron chi connectivity index (χ0n) is 18.2. The quantitative estimate of drug-likeness (QED) is 0.296. The van der Waals surface area contributed by atoms with Crippen LogP contribution in [0.15, 0.2) is 91.0 Å². The summed E-state index contributed by atoms with van der Waals surface area (Å²) in [6.45, 7) is 1.35. The Labute approximate surface area is 197 Å².